The van der Waals surface area contributed by atoms with Crippen LogP contribution in [0.4, 0.5) is 0 Å². The van der Waals surface area contributed by atoms with E-state index in [9.17, 15) is 4.79 Å². The number of nitrogens with zero attached hydrogens (tertiary/aromatic N) is 3. The van der Waals surface area contributed by atoms with E-state index in [-0.39, 0.29) is 11.9 Å². The van der Waals surface area contributed by atoms with Crippen molar-refractivity contribution in [3.05, 3.63) is 85.7 Å². The zero-order chi connectivity index (χ0) is 23.6. The van der Waals surface area contributed by atoms with Gasteiger partial charge in [0.2, 0.25) is 5.89 Å². The monoisotopic (exact) mass is 440 g/mol. The molecule has 1 unspecified atom stereocenters. The van der Waals surface area contributed by atoms with E-state index >= 15 is 0 Å². The number of aromatic nitrogens is 2. The molecule has 0 spiro atoms. The third-order valence-corrected chi connectivity index (χ3v) is 5.21. The molecule has 0 radical (unpaired) electrons. The van der Waals surface area contributed by atoms with Gasteiger partial charge in [-0.1, -0.05) is 31.2 Å². The van der Waals surface area contributed by atoms with Crippen molar-refractivity contribution >= 4 is 23.2 Å². The van der Waals surface area contributed by atoms with Gasteiger partial charge in [-0.05, 0) is 47.9 Å². The summed E-state index contributed by atoms with van der Waals surface area (Å²) in [4.78, 5) is 25.8. The number of pyridine rings is 1. The number of hydrogen-bond donors (Lipinski definition) is 1. The van der Waals surface area contributed by atoms with Crippen molar-refractivity contribution in [3.63, 3.8) is 0 Å². The van der Waals surface area contributed by atoms with Crippen LogP contribution in [0, 0.1) is 0 Å². The van der Waals surface area contributed by atoms with Gasteiger partial charge in [-0.2, -0.15) is 0 Å². The molecule has 2 heterocycles. The van der Waals surface area contributed by atoms with E-state index in [0.29, 0.717) is 29.0 Å². The van der Waals surface area contributed by atoms with Crippen molar-refractivity contribution in [1.82, 2.24) is 15.3 Å². The lowest BCUT2D eigenvalue weighted by Gasteiger charge is -2.14. The van der Waals surface area contributed by atoms with Crippen LogP contribution in [0.15, 0.2) is 89.6 Å². The van der Waals surface area contributed by atoms with Gasteiger partial charge in [0.25, 0.3) is 5.91 Å². The molecule has 4 aromatic rings. The molecule has 0 saturated carbocycles. The van der Waals surface area contributed by atoms with Crippen LogP contribution in [0.2, 0.25) is 0 Å². The normalized spacial score (nSPS) is 11.7. The molecule has 0 aliphatic heterocycles. The smallest absolute Gasteiger partial charge is 0.253 e. The second-order valence-corrected chi connectivity index (χ2v) is 7.21. The highest BCUT2D eigenvalue weighted by Crippen LogP contribution is 2.33. The first kappa shape index (κ1) is 23.6. The molecule has 0 bridgehead atoms. The van der Waals surface area contributed by atoms with E-state index in [1.807, 2.05) is 61.7 Å². The lowest BCUT2D eigenvalue weighted by molar-refractivity contribution is 0.0939. The van der Waals surface area contributed by atoms with Crippen molar-refractivity contribution in [2.24, 2.45) is 4.99 Å². The molecule has 4 rings (SSSR count). The maximum absolute atomic E-state index is 13.0. The van der Waals surface area contributed by atoms with Gasteiger partial charge in [-0.15, -0.1) is 13.2 Å². The van der Waals surface area contributed by atoms with Gasteiger partial charge in [-0.25, -0.2) is 4.98 Å². The van der Waals surface area contributed by atoms with Gasteiger partial charge < -0.3 is 14.7 Å². The van der Waals surface area contributed by atoms with Gasteiger partial charge in [0.15, 0.2) is 5.58 Å². The van der Waals surface area contributed by atoms with E-state index in [0.717, 1.165) is 23.1 Å². The lowest BCUT2D eigenvalue weighted by Crippen LogP contribution is -2.34. The molecule has 168 valence electrons. The summed E-state index contributed by atoms with van der Waals surface area (Å²) in [7, 11) is 1.73. The Morgan fingerprint density at radius 1 is 1.09 bits per heavy atom. The first-order valence-corrected chi connectivity index (χ1v) is 10.8. The highest BCUT2D eigenvalue weighted by molar-refractivity contribution is 6.05. The third-order valence-electron chi connectivity index (χ3n) is 5.21. The molecule has 0 aliphatic carbocycles. The summed E-state index contributed by atoms with van der Waals surface area (Å²) in [5.74, 6) is 0.317. The molecule has 0 aliphatic rings. The Hall–Kier alpha value is -4.06. The number of benzene rings is 2. The number of rotatable bonds is 7. The number of amides is 1. The Bertz CT molecular complexity index is 1230. The molecule has 0 saturated heterocycles. The van der Waals surface area contributed by atoms with Gasteiger partial charge in [0.05, 0.1) is 5.56 Å². The Kier molecular flexibility index (Phi) is 8.24. The number of hydrogen-bond acceptors (Lipinski definition) is 5. The summed E-state index contributed by atoms with van der Waals surface area (Å²) >= 11 is 0. The Labute approximate surface area is 194 Å². The highest BCUT2D eigenvalue weighted by atomic mass is 16.3. The van der Waals surface area contributed by atoms with Gasteiger partial charge in [0.1, 0.15) is 5.52 Å². The van der Waals surface area contributed by atoms with Crippen molar-refractivity contribution in [1.29, 1.82) is 0 Å². The average Bonchev–Trinajstić information content (AvgIpc) is 3.32. The van der Waals surface area contributed by atoms with Gasteiger partial charge in [0, 0.05) is 43.7 Å². The van der Waals surface area contributed by atoms with Crippen LogP contribution in [-0.2, 0) is 0 Å². The van der Waals surface area contributed by atoms with Crippen molar-refractivity contribution in [3.8, 4) is 22.6 Å². The van der Waals surface area contributed by atoms with Crippen LogP contribution in [0.3, 0.4) is 0 Å². The number of fused-ring (bicyclic) bond motifs is 1. The molecule has 33 heavy (non-hydrogen) atoms. The summed E-state index contributed by atoms with van der Waals surface area (Å²) in [6, 6.07) is 17.3. The van der Waals surface area contributed by atoms with Crippen LogP contribution in [0.1, 0.15) is 30.1 Å². The zero-order valence-corrected chi connectivity index (χ0v) is 19.0. The van der Waals surface area contributed by atoms with Crippen LogP contribution in [-0.4, -0.2) is 35.2 Å². The first-order chi connectivity index (χ1) is 16.2. The number of aliphatic imine (C=N–C) groups is 1. The summed E-state index contributed by atoms with van der Waals surface area (Å²) in [6.07, 6.45) is 6.84. The number of oxazole rings is 1. The molecule has 2 aromatic heterocycles. The van der Waals surface area contributed by atoms with Crippen LogP contribution < -0.4 is 5.32 Å². The molecular formula is C27H28N4O2. The predicted octanol–water partition coefficient (Wildman–Crippen LogP) is 5.96. The minimum atomic E-state index is -0.163. The largest absolute Gasteiger partial charge is 0.436 e. The zero-order valence-electron chi connectivity index (χ0n) is 19.0. The van der Waals surface area contributed by atoms with E-state index in [2.05, 4.69) is 28.5 Å². The summed E-state index contributed by atoms with van der Waals surface area (Å²) in [5, 5.41) is 3.08. The lowest BCUT2D eigenvalue weighted by atomic mass is 10.0. The molecule has 2 aromatic carbocycles. The van der Waals surface area contributed by atoms with Crippen molar-refractivity contribution in [2.75, 3.05) is 7.05 Å². The molecule has 1 atom stereocenters. The maximum atomic E-state index is 13.0. The van der Waals surface area contributed by atoms with Crippen molar-refractivity contribution < 1.29 is 9.21 Å². The van der Waals surface area contributed by atoms with E-state index in [1.165, 1.54) is 0 Å². The van der Waals surface area contributed by atoms with Crippen LogP contribution >= 0.6 is 0 Å². The third kappa shape index (κ3) is 5.41. The highest BCUT2D eigenvalue weighted by Gasteiger charge is 2.19. The number of carbonyl (C=O) groups excluding carboxylic acids is 1. The first-order valence-electron chi connectivity index (χ1n) is 10.8. The minimum absolute atomic E-state index is 0.0187. The molecule has 1 amide bonds. The van der Waals surface area contributed by atoms with E-state index < -0.39 is 0 Å². The topological polar surface area (TPSA) is 80.4 Å². The molecule has 0 fully saturated rings. The number of carbonyl (C=O) groups is 1. The summed E-state index contributed by atoms with van der Waals surface area (Å²) in [5.41, 5.74) is 4.51. The fourth-order valence-electron chi connectivity index (χ4n) is 3.52. The summed E-state index contributed by atoms with van der Waals surface area (Å²) in [6.45, 7) is 8.04. The molecule has 6 nitrogen and oxygen atoms in total. The van der Waals surface area contributed by atoms with Crippen molar-refractivity contribution in [2.45, 2.75) is 25.8 Å². The average molecular weight is 441 g/mol. The molecular weight excluding hydrogens is 412 g/mol. The second-order valence-electron chi connectivity index (χ2n) is 7.21. The second kappa shape index (κ2) is 11.5. The van der Waals surface area contributed by atoms with E-state index in [1.54, 1.807) is 25.5 Å². The fraction of sp³-hybridized carbons (Fsp3) is 0.185. The Morgan fingerprint density at radius 3 is 2.52 bits per heavy atom. The standard InChI is InChI=1S/C25H24N4O2.C2H4/c1-3-18(13-14-26-2)28-24(30)21-9-6-10-22-23(21)29-25(31-22)20-8-5-4-7-19(20)17-11-15-27-16-12-17;1-2/h4-12,14-16,18H,3,13H2,1-2H3,(H,28,30);1-2H2. The predicted molar refractivity (Wildman–Crippen MR) is 135 cm³/mol. The minimum Gasteiger partial charge on any atom is -0.436 e. The number of para-hydroxylation sites is 1. The van der Waals surface area contributed by atoms with Gasteiger partial charge >= 0.3 is 0 Å². The van der Waals surface area contributed by atoms with Gasteiger partial charge in [-0.3, -0.25) is 9.78 Å². The Morgan fingerprint density at radius 2 is 1.82 bits per heavy atom. The van der Waals surface area contributed by atoms with E-state index in [4.69, 9.17) is 9.40 Å². The number of nitrogens with one attached hydrogen (secondary N) is 1. The fourth-order valence-corrected chi connectivity index (χ4v) is 3.52. The quantitative estimate of drug-likeness (QED) is 0.284. The Balaban J connectivity index is 0.00000149. The SMILES string of the molecule is C=C.CCC(CC=NC)NC(=O)c1cccc2oc(-c3ccccc3-c3ccncc3)nc12. The molecule has 6 heteroatoms. The molecule has 1 N–H and O–H groups in total. The maximum Gasteiger partial charge on any atom is 0.253 e. The summed E-state index contributed by atoms with van der Waals surface area (Å²) < 4.78 is 6.08. The van der Waals surface area contributed by atoms with Crippen LogP contribution in [0.25, 0.3) is 33.7 Å². The van der Waals surface area contributed by atoms with Crippen LogP contribution in [0.5, 0.6) is 0 Å².